The number of hydrogen-bond donors (Lipinski definition) is 2. The molecule has 2 aliphatic heterocycles. The molecule has 2 N–H and O–H groups in total. The molecule has 0 bridgehead atoms. The summed E-state index contributed by atoms with van der Waals surface area (Å²) < 4.78 is 7.20. The maximum atomic E-state index is 5.17. The van der Waals surface area contributed by atoms with Gasteiger partial charge in [0.25, 0.3) is 0 Å². The van der Waals surface area contributed by atoms with Crippen LogP contribution in [-0.2, 0) is 17.7 Å². The molecule has 9 heteroatoms. The average Bonchev–Trinajstić information content (AvgIpc) is 3.03. The number of aromatic nitrogens is 3. The van der Waals surface area contributed by atoms with Gasteiger partial charge in [-0.05, 0) is 45.2 Å². The van der Waals surface area contributed by atoms with Crippen LogP contribution in [0.1, 0.15) is 30.9 Å². The van der Waals surface area contributed by atoms with E-state index in [1.54, 1.807) is 7.11 Å². The zero-order chi connectivity index (χ0) is 18.4. The zero-order valence-electron chi connectivity index (χ0n) is 16.8. The number of likely N-dealkylation sites (tertiary alicyclic amines) is 1. The number of halogens is 1. The van der Waals surface area contributed by atoms with E-state index in [0.29, 0.717) is 12.0 Å². The number of rotatable bonds is 6. The minimum Gasteiger partial charge on any atom is -0.383 e. The largest absolute Gasteiger partial charge is 0.383 e. The van der Waals surface area contributed by atoms with Crippen molar-refractivity contribution in [3.63, 3.8) is 0 Å². The van der Waals surface area contributed by atoms with E-state index in [1.165, 1.54) is 25.9 Å². The number of fused-ring (bicyclic) bond motifs is 1. The highest BCUT2D eigenvalue weighted by Gasteiger charge is 2.23. The van der Waals surface area contributed by atoms with Gasteiger partial charge in [0, 0.05) is 39.7 Å². The molecule has 0 saturated carbocycles. The first-order valence-corrected chi connectivity index (χ1v) is 9.76. The van der Waals surface area contributed by atoms with Crippen molar-refractivity contribution in [3.05, 3.63) is 11.6 Å². The molecule has 0 aliphatic carbocycles. The second-order valence-electron chi connectivity index (χ2n) is 7.37. The lowest BCUT2D eigenvalue weighted by molar-refractivity contribution is 0.121. The van der Waals surface area contributed by atoms with Crippen LogP contribution in [0.5, 0.6) is 0 Å². The van der Waals surface area contributed by atoms with E-state index < -0.39 is 0 Å². The summed E-state index contributed by atoms with van der Waals surface area (Å²) in [7, 11) is 3.61. The van der Waals surface area contributed by atoms with Crippen LogP contribution in [-0.4, -0.2) is 78.6 Å². The lowest BCUT2D eigenvalue weighted by Crippen LogP contribution is -2.48. The quantitative estimate of drug-likeness (QED) is 0.352. The van der Waals surface area contributed by atoms with Crippen molar-refractivity contribution in [2.45, 2.75) is 45.2 Å². The summed E-state index contributed by atoms with van der Waals surface area (Å²) in [6, 6.07) is 0.352. The number of nitrogens with one attached hydrogen (secondary N) is 2. The maximum absolute atomic E-state index is 5.17. The molecule has 0 radical (unpaired) electrons. The van der Waals surface area contributed by atoms with Crippen LogP contribution in [0.4, 0.5) is 0 Å². The lowest BCUT2D eigenvalue weighted by atomic mass is 9.97. The SMILES string of the molecule is CN=C(NCC1CCN(CCOC)CC1)NC1CCc2nc(C)nn2C1.I. The van der Waals surface area contributed by atoms with E-state index in [4.69, 9.17) is 4.74 Å². The first-order chi connectivity index (χ1) is 12.7. The van der Waals surface area contributed by atoms with Crippen LogP contribution in [0.25, 0.3) is 0 Å². The molecule has 27 heavy (non-hydrogen) atoms. The normalized spacial score (nSPS) is 21.4. The minimum atomic E-state index is 0. The third-order valence-electron chi connectivity index (χ3n) is 5.41. The Morgan fingerprint density at radius 2 is 2.07 bits per heavy atom. The molecular weight excluding hydrogens is 457 g/mol. The third kappa shape index (κ3) is 6.56. The van der Waals surface area contributed by atoms with E-state index in [2.05, 4.69) is 30.6 Å². The van der Waals surface area contributed by atoms with E-state index in [-0.39, 0.29) is 24.0 Å². The molecule has 1 atom stereocenters. The standard InChI is InChI=1S/C18H33N7O.HI/c1-14-21-17-5-4-16(13-25(17)23-14)22-18(19-2)20-12-15-6-8-24(9-7-15)10-11-26-3;/h15-16H,4-13H2,1-3H3,(H2,19,20,22);1H. The molecule has 0 aromatic carbocycles. The number of nitrogens with zero attached hydrogens (tertiary/aromatic N) is 5. The maximum Gasteiger partial charge on any atom is 0.191 e. The molecule has 0 amide bonds. The molecule has 3 heterocycles. The molecule has 154 valence electrons. The Morgan fingerprint density at radius 3 is 2.78 bits per heavy atom. The number of piperidine rings is 1. The monoisotopic (exact) mass is 491 g/mol. The highest BCUT2D eigenvalue weighted by Crippen LogP contribution is 2.16. The van der Waals surface area contributed by atoms with Gasteiger partial charge in [-0.25, -0.2) is 9.67 Å². The molecule has 1 fully saturated rings. The summed E-state index contributed by atoms with van der Waals surface area (Å²) in [5, 5.41) is 11.6. The fourth-order valence-electron chi connectivity index (χ4n) is 3.82. The minimum absolute atomic E-state index is 0. The van der Waals surface area contributed by atoms with Gasteiger partial charge in [-0.1, -0.05) is 0 Å². The van der Waals surface area contributed by atoms with Gasteiger partial charge >= 0.3 is 0 Å². The van der Waals surface area contributed by atoms with Gasteiger partial charge in [-0.3, -0.25) is 4.99 Å². The van der Waals surface area contributed by atoms with E-state index in [9.17, 15) is 0 Å². The number of methoxy groups -OCH3 is 1. The number of hydrogen-bond acceptors (Lipinski definition) is 5. The Morgan fingerprint density at radius 1 is 1.30 bits per heavy atom. The van der Waals surface area contributed by atoms with Crippen molar-refractivity contribution in [3.8, 4) is 0 Å². The topological polar surface area (TPSA) is 79.6 Å². The van der Waals surface area contributed by atoms with Crippen LogP contribution in [0, 0.1) is 12.8 Å². The van der Waals surface area contributed by atoms with Crippen molar-refractivity contribution in [1.29, 1.82) is 0 Å². The lowest BCUT2D eigenvalue weighted by Gasteiger charge is -2.32. The summed E-state index contributed by atoms with van der Waals surface area (Å²) >= 11 is 0. The fraction of sp³-hybridized carbons (Fsp3) is 0.833. The second kappa shape index (κ2) is 11.2. The molecular formula is C18H34IN7O. The highest BCUT2D eigenvalue weighted by atomic mass is 127. The fourth-order valence-corrected chi connectivity index (χ4v) is 3.82. The average molecular weight is 491 g/mol. The van der Waals surface area contributed by atoms with Crippen molar-refractivity contribution >= 4 is 29.9 Å². The van der Waals surface area contributed by atoms with Crippen LogP contribution in [0.2, 0.25) is 0 Å². The molecule has 3 rings (SSSR count). The Bertz CT molecular complexity index is 599. The second-order valence-corrected chi connectivity index (χ2v) is 7.37. The molecule has 8 nitrogen and oxygen atoms in total. The van der Waals surface area contributed by atoms with Gasteiger partial charge in [0.1, 0.15) is 11.6 Å². The third-order valence-corrected chi connectivity index (χ3v) is 5.41. The first kappa shape index (κ1) is 22.4. The molecule has 1 saturated heterocycles. The van der Waals surface area contributed by atoms with Crippen molar-refractivity contribution in [2.75, 3.05) is 46.9 Å². The predicted octanol–water partition coefficient (Wildman–Crippen LogP) is 1.04. The smallest absolute Gasteiger partial charge is 0.191 e. The van der Waals surface area contributed by atoms with Gasteiger partial charge in [-0.15, -0.1) is 24.0 Å². The Kier molecular flexibility index (Phi) is 9.24. The number of aliphatic imine (C=N–C) groups is 1. The van der Waals surface area contributed by atoms with Gasteiger partial charge in [-0.2, -0.15) is 5.10 Å². The summed E-state index contributed by atoms with van der Waals surface area (Å²) in [6.07, 6.45) is 4.50. The zero-order valence-corrected chi connectivity index (χ0v) is 19.1. The molecule has 0 spiro atoms. The summed E-state index contributed by atoms with van der Waals surface area (Å²) in [6.45, 7) is 8.00. The highest BCUT2D eigenvalue weighted by molar-refractivity contribution is 14.0. The van der Waals surface area contributed by atoms with Crippen LogP contribution < -0.4 is 10.6 Å². The summed E-state index contributed by atoms with van der Waals surface area (Å²) in [4.78, 5) is 11.4. The predicted molar refractivity (Wildman–Crippen MR) is 118 cm³/mol. The summed E-state index contributed by atoms with van der Waals surface area (Å²) in [5.74, 6) is 3.57. The van der Waals surface area contributed by atoms with Gasteiger partial charge < -0.3 is 20.3 Å². The van der Waals surface area contributed by atoms with E-state index in [0.717, 1.165) is 56.7 Å². The van der Waals surface area contributed by atoms with Crippen molar-refractivity contribution in [2.24, 2.45) is 10.9 Å². The Labute approximate surface area is 179 Å². The number of ether oxygens (including phenoxy) is 1. The van der Waals surface area contributed by atoms with Crippen LogP contribution >= 0.6 is 24.0 Å². The number of aryl methyl sites for hydroxylation is 2. The molecule has 1 aromatic heterocycles. The Balaban J connectivity index is 0.00000261. The van der Waals surface area contributed by atoms with E-state index >= 15 is 0 Å². The first-order valence-electron chi connectivity index (χ1n) is 9.76. The van der Waals surface area contributed by atoms with Gasteiger partial charge in [0.2, 0.25) is 0 Å². The van der Waals surface area contributed by atoms with E-state index in [1.807, 2.05) is 18.7 Å². The Hall–Kier alpha value is -0.940. The number of guanidine groups is 1. The molecule has 1 unspecified atom stereocenters. The van der Waals surface area contributed by atoms with Crippen molar-refractivity contribution in [1.82, 2.24) is 30.3 Å². The van der Waals surface area contributed by atoms with Gasteiger partial charge in [0.05, 0.1) is 13.2 Å². The van der Waals surface area contributed by atoms with Crippen LogP contribution in [0.15, 0.2) is 4.99 Å². The van der Waals surface area contributed by atoms with Crippen molar-refractivity contribution < 1.29 is 4.74 Å². The molecule has 1 aromatic rings. The van der Waals surface area contributed by atoms with Crippen LogP contribution in [0.3, 0.4) is 0 Å². The van der Waals surface area contributed by atoms with Gasteiger partial charge in [0.15, 0.2) is 5.96 Å². The molecule has 2 aliphatic rings. The summed E-state index contributed by atoms with van der Waals surface area (Å²) in [5.41, 5.74) is 0.